The van der Waals surface area contributed by atoms with Crippen molar-refractivity contribution < 1.29 is 9.90 Å². The summed E-state index contributed by atoms with van der Waals surface area (Å²) in [7, 11) is 0. The molecule has 1 saturated carbocycles. The van der Waals surface area contributed by atoms with Crippen molar-refractivity contribution in [3.63, 3.8) is 0 Å². The highest BCUT2D eigenvalue weighted by atomic mass is 16.3. The molecule has 1 aliphatic heterocycles. The molecule has 1 aliphatic carbocycles. The standard InChI is InChI=1S/C15H24N2O2/c1-3-7-17(8-4-2)15(19)11-16-9-12-5-6-14(18)13(12)10-16/h3-4,12-14,18H,1-2,5-11H2. The fraction of sp³-hybridized carbons (Fsp3) is 0.667. The Labute approximate surface area is 115 Å². The summed E-state index contributed by atoms with van der Waals surface area (Å²) in [6.07, 6.45) is 5.34. The minimum atomic E-state index is -0.164. The van der Waals surface area contributed by atoms with E-state index in [0.29, 0.717) is 31.5 Å². The van der Waals surface area contributed by atoms with Crippen molar-refractivity contribution in [1.82, 2.24) is 9.80 Å². The number of fused-ring (bicyclic) bond motifs is 1. The van der Waals surface area contributed by atoms with Gasteiger partial charge in [0.05, 0.1) is 12.6 Å². The zero-order chi connectivity index (χ0) is 13.8. The Kier molecular flexibility index (Phi) is 4.77. The summed E-state index contributed by atoms with van der Waals surface area (Å²) in [5.74, 6) is 1.07. The van der Waals surface area contributed by atoms with Crippen LogP contribution in [-0.4, -0.2) is 59.6 Å². The Balaban J connectivity index is 1.85. The van der Waals surface area contributed by atoms with E-state index < -0.39 is 0 Å². The van der Waals surface area contributed by atoms with Crippen molar-refractivity contribution in [2.24, 2.45) is 11.8 Å². The minimum Gasteiger partial charge on any atom is -0.393 e. The molecule has 2 fully saturated rings. The Morgan fingerprint density at radius 2 is 1.95 bits per heavy atom. The van der Waals surface area contributed by atoms with Gasteiger partial charge in [0.1, 0.15) is 0 Å². The van der Waals surface area contributed by atoms with E-state index in [4.69, 9.17) is 0 Å². The normalized spacial score (nSPS) is 30.1. The third-order valence-corrected chi connectivity index (χ3v) is 4.31. The van der Waals surface area contributed by atoms with Crippen LogP contribution in [0.3, 0.4) is 0 Å². The van der Waals surface area contributed by atoms with Crippen LogP contribution in [0.5, 0.6) is 0 Å². The maximum absolute atomic E-state index is 12.2. The van der Waals surface area contributed by atoms with Gasteiger partial charge in [-0.25, -0.2) is 0 Å². The molecule has 1 N–H and O–H groups in total. The lowest BCUT2D eigenvalue weighted by atomic mass is 10.00. The highest BCUT2D eigenvalue weighted by molar-refractivity contribution is 5.78. The highest BCUT2D eigenvalue weighted by Gasteiger charge is 2.42. The molecule has 0 aromatic carbocycles. The molecule has 0 aromatic heterocycles. The number of nitrogens with zero attached hydrogens (tertiary/aromatic N) is 2. The fourth-order valence-electron chi connectivity index (χ4n) is 3.34. The minimum absolute atomic E-state index is 0.120. The van der Waals surface area contributed by atoms with E-state index in [1.807, 2.05) is 0 Å². The number of carbonyl (C=O) groups excluding carboxylic acids is 1. The molecular formula is C15H24N2O2. The number of carbonyl (C=O) groups is 1. The van der Waals surface area contributed by atoms with E-state index in [1.165, 1.54) is 0 Å². The van der Waals surface area contributed by atoms with Crippen LogP contribution < -0.4 is 0 Å². The molecule has 2 rings (SSSR count). The number of hydrogen-bond donors (Lipinski definition) is 1. The smallest absolute Gasteiger partial charge is 0.237 e. The summed E-state index contributed by atoms with van der Waals surface area (Å²) in [6.45, 7) is 10.7. The molecule has 19 heavy (non-hydrogen) atoms. The first kappa shape index (κ1) is 14.3. The van der Waals surface area contributed by atoms with Gasteiger partial charge in [0, 0.05) is 32.1 Å². The van der Waals surface area contributed by atoms with Crippen molar-refractivity contribution in [3.05, 3.63) is 25.3 Å². The second kappa shape index (κ2) is 6.35. The second-order valence-electron chi connectivity index (χ2n) is 5.64. The first-order valence-electron chi connectivity index (χ1n) is 7.05. The average molecular weight is 264 g/mol. The number of aliphatic hydroxyl groups excluding tert-OH is 1. The van der Waals surface area contributed by atoms with Crippen molar-refractivity contribution >= 4 is 5.91 Å². The van der Waals surface area contributed by atoms with E-state index in [0.717, 1.165) is 25.9 Å². The number of rotatable bonds is 6. The van der Waals surface area contributed by atoms with E-state index in [2.05, 4.69) is 18.1 Å². The molecule has 0 spiro atoms. The summed E-state index contributed by atoms with van der Waals surface area (Å²) >= 11 is 0. The van der Waals surface area contributed by atoms with E-state index in [9.17, 15) is 9.90 Å². The highest BCUT2D eigenvalue weighted by Crippen LogP contribution is 2.37. The third kappa shape index (κ3) is 3.25. The van der Waals surface area contributed by atoms with E-state index in [-0.39, 0.29) is 12.0 Å². The summed E-state index contributed by atoms with van der Waals surface area (Å²) in [4.78, 5) is 16.1. The Hall–Kier alpha value is -1.13. The first-order valence-corrected chi connectivity index (χ1v) is 7.05. The maximum Gasteiger partial charge on any atom is 0.237 e. The van der Waals surface area contributed by atoms with Gasteiger partial charge in [-0.15, -0.1) is 13.2 Å². The van der Waals surface area contributed by atoms with Gasteiger partial charge < -0.3 is 10.0 Å². The molecule has 4 nitrogen and oxygen atoms in total. The predicted molar refractivity (Wildman–Crippen MR) is 75.6 cm³/mol. The quantitative estimate of drug-likeness (QED) is 0.725. The van der Waals surface area contributed by atoms with Crippen LogP contribution >= 0.6 is 0 Å². The monoisotopic (exact) mass is 264 g/mol. The van der Waals surface area contributed by atoms with Crippen LogP contribution in [0.4, 0.5) is 0 Å². The molecule has 4 heteroatoms. The topological polar surface area (TPSA) is 43.8 Å². The van der Waals surface area contributed by atoms with Gasteiger partial charge in [-0.1, -0.05) is 12.2 Å². The number of amides is 1. The molecule has 106 valence electrons. The molecule has 2 aliphatic rings. The molecule has 1 saturated heterocycles. The Morgan fingerprint density at radius 3 is 2.53 bits per heavy atom. The lowest BCUT2D eigenvalue weighted by Gasteiger charge is -2.23. The van der Waals surface area contributed by atoms with Crippen molar-refractivity contribution in [1.29, 1.82) is 0 Å². The summed E-state index contributed by atoms with van der Waals surface area (Å²) in [6, 6.07) is 0. The van der Waals surface area contributed by atoms with Crippen molar-refractivity contribution in [2.75, 3.05) is 32.7 Å². The molecule has 0 aromatic rings. The van der Waals surface area contributed by atoms with E-state index in [1.54, 1.807) is 17.1 Å². The fourth-order valence-corrected chi connectivity index (χ4v) is 3.34. The molecule has 1 amide bonds. The Bertz CT molecular complexity index is 346. The predicted octanol–water partition coefficient (Wildman–Crippen LogP) is 0.890. The van der Waals surface area contributed by atoms with Crippen molar-refractivity contribution in [2.45, 2.75) is 18.9 Å². The van der Waals surface area contributed by atoms with Crippen molar-refractivity contribution in [3.8, 4) is 0 Å². The van der Waals surface area contributed by atoms with Crippen LogP contribution in [0.25, 0.3) is 0 Å². The van der Waals surface area contributed by atoms with Crippen LogP contribution in [0.1, 0.15) is 12.8 Å². The van der Waals surface area contributed by atoms with Gasteiger partial charge in [-0.05, 0) is 18.8 Å². The lowest BCUT2D eigenvalue weighted by Crippen LogP contribution is -2.40. The van der Waals surface area contributed by atoms with Crippen LogP contribution in [0.2, 0.25) is 0 Å². The van der Waals surface area contributed by atoms with E-state index >= 15 is 0 Å². The summed E-state index contributed by atoms with van der Waals surface area (Å²) in [5, 5.41) is 9.88. The molecule has 3 atom stereocenters. The molecule has 0 bridgehead atoms. The Morgan fingerprint density at radius 1 is 1.26 bits per heavy atom. The zero-order valence-corrected chi connectivity index (χ0v) is 11.5. The van der Waals surface area contributed by atoms with Gasteiger partial charge >= 0.3 is 0 Å². The van der Waals surface area contributed by atoms with Crippen LogP contribution in [-0.2, 0) is 4.79 Å². The molecule has 3 unspecified atom stereocenters. The second-order valence-corrected chi connectivity index (χ2v) is 5.64. The molecular weight excluding hydrogens is 240 g/mol. The number of hydrogen-bond acceptors (Lipinski definition) is 3. The first-order chi connectivity index (χ1) is 9.15. The number of aliphatic hydroxyl groups is 1. The van der Waals surface area contributed by atoms with Gasteiger partial charge in [0.2, 0.25) is 5.91 Å². The van der Waals surface area contributed by atoms with Crippen LogP contribution in [0, 0.1) is 11.8 Å². The maximum atomic E-state index is 12.2. The van der Waals surface area contributed by atoms with Gasteiger partial charge in [0.15, 0.2) is 0 Å². The number of likely N-dealkylation sites (tertiary alicyclic amines) is 1. The molecule has 0 radical (unpaired) electrons. The SMILES string of the molecule is C=CCN(CC=C)C(=O)CN1CC2CCC(O)C2C1. The summed E-state index contributed by atoms with van der Waals surface area (Å²) < 4.78 is 0. The third-order valence-electron chi connectivity index (χ3n) is 4.31. The zero-order valence-electron chi connectivity index (χ0n) is 11.5. The summed E-state index contributed by atoms with van der Waals surface area (Å²) in [5.41, 5.74) is 0. The average Bonchev–Trinajstić information content (AvgIpc) is 2.91. The van der Waals surface area contributed by atoms with Gasteiger partial charge in [0.25, 0.3) is 0 Å². The lowest BCUT2D eigenvalue weighted by molar-refractivity contribution is -0.131. The van der Waals surface area contributed by atoms with Gasteiger partial charge in [-0.2, -0.15) is 0 Å². The van der Waals surface area contributed by atoms with Gasteiger partial charge in [-0.3, -0.25) is 9.69 Å². The largest absolute Gasteiger partial charge is 0.393 e. The van der Waals surface area contributed by atoms with Crippen LogP contribution in [0.15, 0.2) is 25.3 Å². The molecule has 1 heterocycles.